The largest absolute Gasteiger partial charge is 0.393 e. The molecule has 0 radical (unpaired) electrons. The Morgan fingerprint density at radius 1 is 0.588 bits per heavy atom. The molecule has 0 rings (SSSR count). The van der Waals surface area contributed by atoms with Crippen molar-refractivity contribution < 1.29 is 27.2 Å². The smallest absolute Gasteiger partial charge is 0.364 e. The Morgan fingerprint density at radius 2 is 0.882 bits per heavy atom. The van der Waals surface area contributed by atoms with Gasteiger partial charge in [-0.3, -0.25) is 0 Å². The van der Waals surface area contributed by atoms with Gasteiger partial charge < -0.3 is 32.9 Å². The molecule has 0 amide bonds. The summed E-state index contributed by atoms with van der Waals surface area (Å²) in [7, 11) is -5.02. The summed E-state index contributed by atoms with van der Waals surface area (Å²) in [6.07, 6.45) is 5.72. The van der Waals surface area contributed by atoms with Crippen molar-refractivity contribution in [2.75, 3.05) is 26.4 Å². The van der Waals surface area contributed by atoms with E-state index in [1.54, 1.807) is 0 Å². The van der Waals surface area contributed by atoms with Gasteiger partial charge in [-0.15, -0.1) is 0 Å². The van der Waals surface area contributed by atoms with E-state index in [1.807, 2.05) is 41.5 Å². The molecule has 34 heavy (non-hydrogen) atoms. The van der Waals surface area contributed by atoms with Crippen LogP contribution in [0.25, 0.3) is 0 Å². The van der Waals surface area contributed by atoms with Gasteiger partial charge in [0.2, 0.25) is 0 Å². The zero-order valence-electron chi connectivity index (χ0n) is 24.0. The third-order valence-corrected chi connectivity index (χ3v) is 13.0. The summed E-state index contributed by atoms with van der Waals surface area (Å²) < 4.78 is 37.9. The van der Waals surface area contributed by atoms with Crippen LogP contribution in [0.15, 0.2) is 0 Å². The van der Waals surface area contributed by atoms with Gasteiger partial charge in [0.15, 0.2) is 0 Å². The summed E-state index contributed by atoms with van der Waals surface area (Å²) in [5.41, 5.74) is 6.55. The van der Waals surface area contributed by atoms with Crippen LogP contribution < -0.4 is 5.73 Å². The van der Waals surface area contributed by atoms with Gasteiger partial charge in [0.1, 0.15) is 11.5 Å². The average Bonchev–Trinajstić information content (AvgIpc) is 2.78. The minimum absolute atomic E-state index is 0.0806. The van der Waals surface area contributed by atoms with Crippen molar-refractivity contribution in [1.29, 1.82) is 0 Å². The van der Waals surface area contributed by atoms with Gasteiger partial charge in [0.25, 0.3) is 0 Å². The molecule has 0 bridgehead atoms. The predicted octanol–water partition coefficient (Wildman–Crippen LogP) is 5.61. The van der Waals surface area contributed by atoms with Crippen molar-refractivity contribution in [3.05, 3.63) is 0 Å². The molecule has 0 saturated heterocycles. The summed E-state index contributed by atoms with van der Waals surface area (Å²) in [5.74, 6) is 0. The second-order valence-corrected chi connectivity index (χ2v) is 15.8. The maximum absolute atomic E-state index is 6.71. The predicted molar refractivity (Wildman–Crippen MR) is 145 cm³/mol. The molecule has 0 saturated carbocycles. The second-order valence-electron chi connectivity index (χ2n) is 9.29. The highest BCUT2D eigenvalue weighted by molar-refractivity contribution is 6.67. The van der Waals surface area contributed by atoms with E-state index in [0.717, 1.165) is 38.5 Å². The number of ether oxygens (including phenoxy) is 2. The Morgan fingerprint density at radius 3 is 1.12 bits per heavy atom. The zero-order chi connectivity index (χ0) is 26.2. The van der Waals surface area contributed by atoms with Gasteiger partial charge in [-0.2, -0.15) is 0 Å². The molecule has 4 atom stereocenters. The third-order valence-electron chi connectivity index (χ3n) is 6.38. The first kappa shape index (κ1) is 34.2. The standard InChI is InChI=1S/C25H57NO6Si2/c1-11-17-19-23(33(9,27-13-3)28-14-4)31-21(7)25(26)22(8)32-24(20-18-12-2)34(10,29-15-5)30-16-6/h21-25H,11-20,26H2,1-10H3. The first-order valence-electron chi connectivity index (χ1n) is 13.7. The lowest BCUT2D eigenvalue weighted by molar-refractivity contribution is -0.0650. The lowest BCUT2D eigenvalue weighted by atomic mass is 10.1. The highest BCUT2D eigenvalue weighted by Gasteiger charge is 2.45. The van der Waals surface area contributed by atoms with Crippen molar-refractivity contribution in [3.8, 4) is 0 Å². The van der Waals surface area contributed by atoms with Gasteiger partial charge in [0, 0.05) is 26.4 Å². The number of hydrogen-bond donors (Lipinski definition) is 1. The first-order valence-corrected chi connectivity index (χ1v) is 18.5. The highest BCUT2D eigenvalue weighted by atomic mass is 28.4. The lowest BCUT2D eigenvalue weighted by Gasteiger charge is -2.39. The molecule has 206 valence electrons. The molecule has 0 aromatic rings. The zero-order valence-corrected chi connectivity index (χ0v) is 26.0. The monoisotopic (exact) mass is 523 g/mol. The number of nitrogens with two attached hydrogens (primary N) is 1. The van der Waals surface area contributed by atoms with Gasteiger partial charge in [0.05, 0.1) is 18.2 Å². The van der Waals surface area contributed by atoms with E-state index < -0.39 is 17.1 Å². The van der Waals surface area contributed by atoms with Crippen LogP contribution >= 0.6 is 0 Å². The molecular weight excluding hydrogens is 466 g/mol. The van der Waals surface area contributed by atoms with Crippen LogP contribution in [0, 0.1) is 0 Å². The normalized spacial score (nSPS) is 17.4. The Kier molecular flexibility index (Phi) is 18.5. The van der Waals surface area contributed by atoms with Gasteiger partial charge in [-0.1, -0.05) is 39.5 Å². The summed E-state index contributed by atoms with van der Waals surface area (Å²) in [4.78, 5) is 0. The topological polar surface area (TPSA) is 81.4 Å². The lowest BCUT2D eigenvalue weighted by Crippen LogP contribution is -2.58. The molecule has 0 aliphatic carbocycles. The third kappa shape index (κ3) is 11.5. The fourth-order valence-corrected chi connectivity index (χ4v) is 9.95. The van der Waals surface area contributed by atoms with Gasteiger partial charge in [-0.05, 0) is 67.5 Å². The van der Waals surface area contributed by atoms with Crippen LogP contribution in [0.4, 0.5) is 0 Å². The van der Waals surface area contributed by atoms with Crippen molar-refractivity contribution >= 4 is 17.1 Å². The molecule has 9 heteroatoms. The fourth-order valence-electron chi connectivity index (χ4n) is 4.37. The van der Waals surface area contributed by atoms with E-state index in [4.69, 9.17) is 32.9 Å². The molecule has 0 spiro atoms. The van der Waals surface area contributed by atoms with E-state index in [1.165, 1.54) is 0 Å². The second kappa shape index (κ2) is 18.4. The molecule has 0 heterocycles. The molecule has 4 unspecified atom stereocenters. The summed E-state index contributed by atoms with van der Waals surface area (Å²) in [6, 6.07) is -0.295. The van der Waals surface area contributed by atoms with Crippen molar-refractivity contribution in [3.63, 3.8) is 0 Å². The van der Waals surface area contributed by atoms with E-state index >= 15 is 0 Å². The van der Waals surface area contributed by atoms with Crippen molar-refractivity contribution in [2.24, 2.45) is 5.73 Å². The van der Waals surface area contributed by atoms with E-state index in [2.05, 4.69) is 26.9 Å². The van der Waals surface area contributed by atoms with Gasteiger partial charge in [-0.25, -0.2) is 0 Å². The van der Waals surface area contributed by atoms with E-state index in [0.29, 0.717) is 26.4 Å². The summed E-state index contributed by atoms with van der Waals surface area (Å²) in [6.45, 7) is 23.2. The van der Waals surface area contributed by atoms with E-state index in [9.17, 15) is 0 Å². The molecule has 0 aromatic carbocycles. The average molecular weight is 524 g/mol. The molecule has 0 aliphatic heterocycles. The fraction of sp³-hybridized carbons (Fsp3) is 1.00. The maximum atomic E-state index is 6.71. The number of unbranched alkanes of at least 4 members (excludes halogenated alkanes) is 2. The van der Waals surface area contributed by atoms with Crippen LogP contribution in [0.1, 0.15) is 93.9 Å². The molecule has 0 aromatic heterocycles. The van der Waals surface area contributed by atoms with E-state index in [-0.39, 0.29) is 29.7 Å². The Labute approximate surface area is 213 Å². The minimum atomic E-state index is -2.51. The summed E-state index contributed by atoms with van der Waals surface area (Å²) in [5, 5.41) is 0. The molecule has 0 fully saturated rings. The van der Waals surface area contributed by atoms with Crippen molar-refractivity contribution in [1.82, 2.24) is 0 Å². The molecule has 0 aliphatic rings. The maximum Gasteiger partial charge on any atom is 0.364 e. The Balaban J connectivity index is 5.53. The highest BCUT2D eigenvalue weighted by Crippen LogP contribution is 2.26. The van der Waals surface area contributed by atoms with Crippen LogP contribution in [0.2, 0.25) is 13.1 Å². The molecular formula is C25H57NO6Si2. The Hall–Kier alpha value is 0.154. The number of hydrogen-bond acceptors (Lipinski definition) is 7. The van der Waals surface area contributed by atoms with Gasteiger partial charge >= 0.3 is 17.1 Å². The SMILES string of the molecule is CCCCC(OC(C)C(N)C(C)OC(CCCC)[Si](C)(OCC)OCC)[Si](C)(OCC)OCC. The van der Waals surface area contributed by atoms with Crippen LogP contribution in [0.5, 0.6) is 0 Å². The molecule has 7 nitrogen and oxygen atoms in total. The van der Waals surface area contributed by atoms with Crippen LogP contribution in [0.3, 0.4) is 0 Å². The molecule has 2 N–H and O–H groups in total. The van der Waals surface area contributed by atoms with Crippen LogP contribution in [-0.4, -0.2) is 73.3 Å². The minimum Gasteiger partial charge on any atom is -0.393 e. The van der Waals surface area contributed by atoms with Crippen LogP contribution in [-0.2, 0) is 27.2 Å². The summed E-state index contributed by atoms with van der Waals surface area (Å²) >= 11 is 0. The first-order chi connectivity index (χ1) is 16.1. The Bertz CT molecular complexity index is 448. The van der Waals surface area contributed by atoms with Crippen molar-refractivity contribution in [2.45, 2.75) is 137 Å². The number of rotatable bonds is 22. The quantitative estimate of drug-likeness (QED) is 0.185.